The van der Waals surface area contributed by atoms with Gasteiger partial charge in [0.05, 0.1) is 5.56 Å². The molecule has 124 valence electrons. The maximum atomic E-state index is 9.87. The van der Waals surface area contributed by atoms with Crippen LogP contribution in [0.4, 0.5) is 25.2 Å². The largest absolute Gasteiger partial charge is 0.249 e. The quantitative estimate of drug-likeness (QED) is 0.452. The second-order valence-corrected chi connectivity index (χ2v) is 6.16. The Morgan fingerprint density at radius 1 is 1.04 bits per heavy atom. The summed E-state index contributed by atoms with van der Waals surface area (Å²) in [7, 11) is -10.7. The number of halogens is 6. The minimum absolute atomic E-state index is 0.307. The van der Waals surface area contributed by atoms with Gasteiger partial charge in [-0.1, -0.05) is 12.1 Å². The molecule has 0 fully saturated rings. The summed E-state index contributed by atoms with van der Waals surface area (Å²) < 4.78 is 62.8. The van der Waals surface area contributed by atoms with Crippen LogP contribution in [0, 0.1) is 22.7 Å². The molecule has 2 aromatic rings. The number of hydrogen-bond acceptors (Lipinski definition) is 2. The van der Waals surface area contributed by atoms with Crippen LogP contribution in [-0.4, -0.2) is 4.57 Å². The molecule has 11 heteroatoms. The predicted molar refractivity (Wildman–Crippen MR) is 69.9 cm³/mol. The molecule has 0 unspecified atom stereocenters. The van der Waals surface area contributed by atoms with Crippen LogP contribution >= 0.6 is 7.81 Å². The minimum Gasteiger partial charge on any atom is -0.223 e. The SMILES string of the molecule is F[P-](F)(F)(F)(F)F.N#CC[n+]1ccn(-c2ccccc2C#N)c1. The van der Waals surface area contributed by atoms with E-state index in [-0.39, 0.29) is 0 Å². The Hall–Kier alpha value is -2.58. The summed E-state index contributed by atoms with van der Waals surface area (Å²) in [4.78, 5) is 0. The second-order valence-electron chi connectivity index (χ2n) is 4.24. The van der Waals surface area contributed by atoms with Gasteiger partial charge in [0.1, 0.15) is 30.2 Å². The number of imidazole rings is 1. The van der Waals surface area contributed by atoms with Crippen LogP contribution in [0.15, 0.2) is 43.0 Å². The first kappa shape index (κ1) is 18.5. The molecule has 0 aliphatic rings. The average Bonchev–Trinajstić information content (AvgIpc) is 2.84. The third kappa shape index (κ3) is 8.44. The maximum absolute atomic E-state index is 10.7. The summed E-state index contributed by atoms with van der Waals surface area (Å²) in [6.45, 7) is 0.307. The molecule has 0 radical (unpaired) electrons. The zero-order chi connectivity index (χ0) is 17.8. The van der Waals surface area contributed by atoms with Gasteiger partial charge in [0.2, 0.25) is 6.33 Å². The summed E-state index contributed by atoms with van der Waals surface area (Å²) in [6.07, 6.45) is 5.42. The predicted octanol–water partition coefficient (Wildman–Crippen LogP) is 4.54. The monoisotopic (exact) mass is 354 g/mol. The molecule has 0 spiro atoms. The van der Waals surface area contributed by atoms with E-state index in [9.17, 15) is 25.2 Å². The van der Waals surface area contributed by atoms with Crippen LogP contribution in [0.2, 0.25) is 0 Å². The maximum Gasteiger partial charge on any atom is 0.249 e. The van der Waals surface area contributed by atoms with Crippen molar-refractivity contribution in [3.8, 4) is 17.8 Å². The van der Waals surface area contributed by atoms with E-state index >= 15 is 0 Å². The van der Waals surface area contributed by atoms with Crippen molar-refractivity contribution in [3.05, 3.63) is 48.5 Å². The third-order valence-corrected chi connectivity index (χ3v) is 2.25. The molecular weight excluding hydrogens is 345 g/mol. The Bertz CT molecular complexity index is 771. The Labute approximate surface area is 126 Å². The molecular formula is C12H9F6N4P. The molecule has 1 aromatic carbocycles. The van der Waals surface area contributed by atoms with E-state index in [2.05, 4.69) is 12.1 Å². The average molecular weight is 354 g/mol. The molecule has 1 aromatic heterocycles. The molecule has 0 amide bonds. The molecule has 0 bridgehead atoms. The summed E-state index contributed by atoms with van der Waals surface area (Å²) in [5.41, 5.74) is 1.43. The molecule has 0 aliphatic carbocycles. The van der Waals surface area contributed by atoms with E-state index in [4.69, 9.17) is 10.5 Å². The van der Waals surface area contributed by atoms with Crippen LogP contribution in [0.25, 0.3) is 5.69 Å². The Kier molecular flexibility index (Phi) is 4.47. The van der Waals surface area contributed by atoms with Gasteiger partial charge >= 0.3 is 33.0 Å². The molecule has 0 saturated heterocycles. The molecule has 23 heavy (non-hydrogen) atoms. The number of nitriles is 2. The standard InChI is InChI=1S/C12H9N4.F6P/c13-5-6-15-7-8-16(10-15)12-4-2-1-3-11(12)9-14;1-7(2,3,4,5)6/h1-4,7-8,10H,6H2;/q+1;-1. The van der Waals surface area contributed by atoms with Gasteiger partial charge in [-0.2, -0.15) is 10.5 Å². The number of para-hydroxylation sites is 1. The normalized spacial score (nSPS) is 13.6. The Morgan fingerprint density at radius 2 is 1.61 bits per heavy atom. The van der Waals surface area contributed by atoms with Crippen LogP contribution in [0.3, 0.4) is 0 Å². The van der Waals surface area contributed by atoms with Gasteiger partial charge in [0.25, 0.3) is 0 Å². The Morgan fingerprint density at radius 3 is 2.13 bits per heavy atom. The van der Waals surface area contributed by atoms with E-state index < -0.39 is 7.81 Å². The molecule has 0 aliphatic heterocycles. The van der Waals surface area contributed by atoms with Gasteiger partial charge in [-0.15, -0.1) is 0 Å². The van der Waals surface area contributed by atoms with Crippen molar-refractivity contribution >= 4 is 7.81 Å². The summed E-state index contributed by atoms with van der Waals surface area (Å²) in [6, 6.07) is 11.5. The second kappa shape index (κ2) is 5.56. The van der Waals surface area contributed by atoms with Crippen molar-refractivity contribution in [2.75, 3.05) is 0 Å². The van der Waals surface area contributed by atoms with Crippen LogP contribution < -0.4 is 4.57 Å². The fraction of sp³-hybridized carbons (Fsp3) is 0.0833. The fourth-order valence-electron chi connectivity index (χ4n) is 1.51. The molecule has 4 nitrogen and oxygen atoms in total. The molecule has 0 atom stereocenters. The van der Waals surface area contributed by atoms with Crippen LogP contribution in [-0.2, 0) is 6.54 Å². The summed E-state index contributed by atoms with van der Waals surface area (Å²) >= 11 is 0. The first-order valence-corrected chi connectivity index (χ1v) is 7.83. The summed E-state index contributed by atoms with van der Waals surface area (Å²) in [5.74, 6) is 0. The number of benzene rings is 1. The molecule has 1 heterocycles. The topological polar surface area (TPSA) is 56.4 Å². The van der Waals surface area contributed by atoms with E-state index in [1.54, 1.807) is 23.2 Å². The van der Waals surface area contributed by atoms with Crippen molar-refractivity contribution in [3.63, 3.8) is 0 Å². The van der Waals surface area contributed by atoms with E-state index in [1.807, 2.05) is 29.0 Å². The minimum atomic E-state index is -10.7. The van der Waals surface area contributed by atoms with E-state index in [1.165, 1.54) is 0 Å². The Balaban J connectivity index is 0.000000322. The van der Waals surface area contributed by atoms with Gasteiger partial charge in [-0.25, -0.2) is 9.13 Å². The number of aromatic nitrogens is 2. The van der Waals surface area contributed by atoms with Crippen molar-refractivity contribution in [1.82, 2.24) is 4.57 Å². The van der Waals surface area contributed by atoms with Gasteiger partial charge < -0.3 is 0 Å². The number of nitrogens with zero attached hydrogens (tertiary/aromatic N) is 4. The van der Waals surface area contributed by atoms with Crippen LogP contribution in [0.1, 0.15) is 5.56 Å². The van der Waals surface area contributed by atoms with E-state index in [0.29, 0.717) is 12.1 Å². The smallest absolute Gasteiger partial charge is 0.223 e. The molecule has 0 N–H and O–H groups in total. The van der Waals surface area contributed by atoms with Gasteiger partial charge in [0, 0.05) is 0 Å². The third-order valence-electron chi connectivity index (χ3n) is 2.25. The van der Waals surface area contributed by atoms with Crippen molar-refractivity contribution in [2.24, 2.45) is 0 Å². The van der Waals surface area contributed by atoms with E-state index in [0.717, 1.165) is 5.69 Å². The van der Waals surface area contributed by atoms with Gasteiger partial charge in [-0.3, -0.25) is 0 Å². The van der Waals surface area contributed by atoms with Crippen molar-refractivity contribution < 1.29 is 29.7 Å². The van der Waals surface area contributed by atoms with Crippen molar-refractivity contribution in [1.29, 1.82) is 10.5 Å². The van der Waals surface area contributed by atoms with Crippen molar-refractivity contribution in [2.45, 2.75) is 6.54 Å². The zero-order valence-corrected chi connectivity index (χ0v) is 12.1. The van der Waals surface area contributed by atoms with Gasteiger partial charge in [0.15, 0.2) is 6.54 Å². The summed E-state index contributed by atoms with van der Waals surface area (Å²) in [5, 5.41) is 17.5. The first-order chi connectivity index (χ1) is 10.3. The number of hydrogen-bond donors (Lipinski definition) is 0. The molecule has 2 rings (SSSR count). The fourth-order valence-corrected chi connectivity index (χ4v) is 1.51. The van der Waals surface area contributed by atoms with Crippen LogP contribution in [0.5, 0.6) is 0 Å². The zero-order valence-electron chi connectivity index (χ0n) is 11.3. The van der Waals surface area contributed by atoms with Gasteiger partial charge in [-0.05, 0) is 12.1 Å². The number of rotatable bonds is 2. The first-order valence-electron chi connectivity index (χ1n) is 5.80. The molecule has 0 saturated carbocycles.